The number of pyridine rings is 1. The lowest BCUT2D eigenvalue weighted by molar-refractivity contribution is 0.619. The molecule has 4 N–H and O–H groups in total. The van der Waals surface area contributed by atoms with Gasteiger partial charge in [-0.1, -0.05) is 18.7 Å². The number of imidazole rings is 2. The molecule has 30 heavy (non-hydrogen) atoms. The molecule has 0 aliphatic carbocycles. The Bertz CT molecular complexity index is 1260. The van der Waals surface area contributed by atoms with Crippen molar-refractivity contribution in [2.24, 2.45) is 10.7 Å². The normalized spacial score (nSPS) is 12.5. The van der Waals surface area contributed by atoms with Crippen LogP contribution in [-0.2, 0) is 0 Å². The van der Waals surface area contributed by atoms with Crippen molar-refractivity contribution in [3.05, 3.63) is 78.7 Å². The third-order valence-corrected chi connectivity index (χ3v) is 4.75. The van der Waals surface area contributed by atoms with E-state index in [4.69, 9.17) is 5.73 Å². The van der Waals surface area contributed by atoms with E-state index in [-0.39, 0.29) is 5.82 Å². The zero-order chi connectivity index (χ0) is 21.3. The molecular formula is C21H19F2N7. The predicted molar refractivity (Wildman–Crippen MR) is 112 cm³/mol. The maximum absolute atomic E-state index is 14.8. The van der Waals surface area contributed by atoms with Crippen molar-refractivity contribution >= 4 is 23.4 Å². The highest BCUT2D eigenvalue weighted by molar-refractivity contribution is 5.72. The SMILES string of the molecule is C=C(NC(C)c1cc(F)c2cncn2c1-c1cccc(F)c1)c1[nH]cnc1N=CN. The van der Waals surface area contributed by atoms with Crippen molar-refractivity contribution < 1.29 is 8.78 Å². The highest BCUT2D eigenvalue weighted by atomic mass is 19.1. The molecule has 4 rings (SSSR count). The molecule has 0 spiro atoms. The Hall–Kier alpha value is -4.01. The molecule has 0 saturated carbocycles. The second kappa shape index (κ2) is 7.78. The Balaban J connectivity index is 1.79. The largest absolute Gasteiger partial charge is 0.390 e. The third-order valence-electron chi connectivity index (χ3n) is 4.75. The van der Waals surface area contributed by atoms with E-state index >= 15 is 0 Å². The van der Waals surface area contributed by atoms with Crippen molar-refractivity contribution in [2.75, 3.05) is 0 Å². The highest BCUT2D eigenvalue weighted by Crippen LogP contribution is 2.33. The molecule has 1 aromatic carbocycles. The molecule has 9 heteroatoms. The Kier molecular flexibility index (Phi) is 5.01. The number of H-pyrrole nitrogens is 1. The minimum Gasteiger partial charge on any atom is -0.390 e. The molecule has 1 unspecified atom stereocenters. The van der Waals surface area contributed by atoms with Gasteiger partial charge in [0.2, 0.25) is 0 Å². The molecular weight excluding hydrogens is 388 g/mol. The van der Waals surface area contributed by atoms with Crippen LogP contribution in [0.1, 0.15) is 24.2 Å². The van der Waals surface area contributed by atoms with Crippen molar-refractivity contribution in [1.29, 1.82) is 0 Å². The summed E-state index contributed by atoms with van der Waals surface area (Å²) in [4.78, 5) is 15.1. The third kappa shape index (κ3) is 3.41. The second-order valence-electron chi connectivity index (χ2n) is 6.68. The van der Waals surface area contributed by atoms with Gasteiger partial charge in [0.15, 0.2) is 5.82 Å². The number of nitrogens with zero attached hydrogens (tertiary/aromatic N) is 4. The van der Waals surface area contributed by atoms with E-state index in [0.717, 1.165) is 6.34 Å². The number of halogens is 2. The fourth-order valence-electron chi connectivity index (χ4n) is 3.43. The average molecular weight is 407 g/mol. The summed E-state index contributed by atoms with van der Waals surface area (Å²) in [6.07, 6.45) is 5.55. The van der Waals surface area contributed by atoms with Gasteiger partial charge in [-0.25, -0.2) is 23.7 Å². The molecule has 1 atom stereocenters. The van der Waals surface area contributed by atoms with Gasteiger partial charge < -0.3 is 16.0 Å². The Morgan fingerprint density at radius 1 is 1.37 bits per heavy atom. The Morgan fingerprint density at radius 2 is 2.20 bits per heavy atom. The number of nitrogens with two attached hydrogens (primary N) is 1. The zero-order valence-corrected chi connectivity index (χ0v) is 16.1. The minimum atomic E-state index is -0.433. The van der Waals surface area contributed by atoms with E-state index in [9.17, 15) is 8.78 Å². The van der Waals surface area contributed by atoms with Gasteiger partial charge in [0, 0.05) is 11.1 Å². The van der Waals surface area contributed by atoms with Crippen LogP contribution in [0.3, 0.4) is 0 Å². The number of hydrogen-bond donors (Lipinski definition) is 3. The number of nitrogens with one attached hydrogen (secondary N) is 2. The van der Waals surface area contributed by atoms with Gasteiger partial charge in [0.05, 0.1) is 42.6 Å². The molecule has 0 saturated heterocycles. The standard InChI is InChI=1S/C21H19F2N7/c1-12(29-13(2)19-21(26-9-24)28-10-27-19)16-7-17(23)18-8-25-11-30(18)20(16)14-4-3-5-15(22)6-14/h3-12,29H,2H2,1H3,(H2,24,26)(H,27,28). The molecule has 7 nitrogen and oxygen atoms in total. The van der Waals surface area contributed by atoms with Crippen molar-refractivity contribution in [3.63, 3.8) is 0 Å². The first-order chi connectivity index (χ1) is 14.5. The number of rotatable bonds is 6. The van der Waals surface area contributed by atoms with Crippen molar-refractivity contribution in [1.82, 2.24) is 24.7 Å². The van der Waals surface area contributed by atoms with Gasteiger partial charge in [-0.05, 0) is 25.1 Å². The summed E-state index contributed by atoms with van der Waals surface area (Å²) >= 11 is 0. The van der Waals surface area contributed by atoms with Crippen LogP contribution in [0.4, 0.5) is 14.6 Å². The van der Waals surface area contributed by atoms with Crippen LogP contribution >= 0.6 is 0 Å². The molecule has 0 amide bonds. The first-order valence-electron chi connectivity index (χ1n) is 9.13. The van der Waals surface area contributed by atoms with Gasteiger partial charge in [-0.3, -0.25) is 4.40 Å². The Morgan fingerprint density at radius 3 is 2.97 bits per heavy atom. The van der Waals surface area contributed by atoms with Gasteiger partial charge in [0.25, 0.3) is 0 Å². The molecule has 152 valence electrons. The number of aliphatic imine (C=N–C) groups is 1. The summed E-state index contributed by atoms with van der Waals surface area (Å²) in [7, 11) is 0. The lowest BCUT2D eigenvalue weighted by Gasteiger charge is -2.22. The van der Waals surface area contributed by atoms with Crippen LogP contribution in [0.15, 0.2) is 60.8 Å². The smallest absolute Gasteiger partial charge is 0.180 e. The van der Waals surface area contributed by atoms with E-state index in [2.05, 4.69) is 31.8 Å². The van der Waals surface area contributed by atoms with Crippen LogP contribution in [0.2, 0.25) is 0 Å². The molecule has 0 aliphatic rings. The summed E-state index contributed by atoms with van der Waals surface area (Å²) in [5, 5.41) is 3.23. The second-order valence-corrected chi connectivity index (χ2v) is 6.68. The molecule has 0 aliphatic heterocycles. The van der Waals surface area contributed by atoms with Crippen LogP contribution in [0.5, 0.6) is 0 Å². The first-order valence-corrected chi connectivity index (χ1v) is 9.13. The number of hydrogen-bond acceptors (Lipinski definition) is 4. The van der Waals surface area contributed by atoms with E-state index < -0.39 is 11.9 Å². The first kappa shape index (κ1) is 19.3. The van der Waals surface area contributed by atoms with Gasteiger partial charge in [0.1, 0.15) is 22.8 Å². The molecule has 3 heterocycles. The van der Waals surface area contributed by atoms with Crippen LogP contribution in [0.25, 0.3) is 22.5 Å². The summed E-state index contributed by atoms with van der Waals surface area (Å²) in [6.45, 7) is 5.88. The van der Waals surface area contributed by atoms with E-state index in [0.29, 0.717) is 39.5 Å². The van der Waals surface area contributed by atoms with Crippen LogP contribution in [0, 0.1) is 11.6 Å². The van der Waals surface area contributed by atoms with Crippen LogP contribution < -0.4 is 11.1 Å². The van der Waals surface area contributed by atoms with Crippen molar-refractivity contribution in [2.45, 2.75) is 13.0 Å². The van der Waals surface area contributed by atoms with E-state index in [1.54, 1.807) is 16.5 Å². The average Bonchev–Trinajstić information content (AvgIpc) is 3.38. The topological polar surface area (TPSA) is 96.4 Å². The van der Waals surface area contributed by atoms with Crippen LogP contribution in [-0.4, -0.2) is 25.7 Å². The molecule has 0 fully saturated rings. The molecule has 4 aromatic rings. The summed E-state index contributed by atoms with van der Waals surface area (Å²) in [5.41, 5.74) is 8.55. The fraction of sp³-hybridized carbons (Fsp3) is 0.0952. The summed E-state index contributed by atoms with van der Waals surface area (Å²) in [5.74, 6) is -0.441. The lowest BCUT2D eigenvalue weighted by atomic mass is 9.99. The quantitative estimate of drug-likeness (QED) is 0.333. The fourth-order valence-corrected chi connectivity index (χ4v) is 3.43. The maximum Gasteiger partial charge on any atom is 0.180 e. The van der Waals surface area contributed by atoms with Gasteiger partial charge in [-0.15, -0.1) is 0 Å². The number of aromatic amines is 1. The maximum atomic E-state index is 14.8. The predicted octanol–water partition coefficient (Wildman–Crippen LogP) is 3.94. The summed E-state index contributed by atoms with van der Waals surface area (Å²) in [6, 6.07) is 7.17. The number of benzene rings is 1. The molecule has 0 bridgehead atoms. The minimum absolute atomic E-state index is 0.303. The van der Waals surface area contributed by atoms with Crippen molar-refractivity contribution in [3.8, 4) is 11.3 Å². The molecule has 0 radical (unpaired) electrons. The zero-order valence-electron chi connectivity index (χ0n) is 16.1. The molecule has 3 aromatic heterocycles. The monoisotopic (exact) mass is 407 g/mol. The van der Waals surface area contributed by atoms with Gasteiger partial charge >= 0.3 is 0 Å². The van der Waals surface area contributed by atoms with E-state index in [1.165, 1.54) is 37.1 Å². The highest BCUT2D eigenvalue weighted by Gasteiger charge is 2.20. The Labute approximate surface area is 171 Å². The lowest BCUT2D eigenvalue weighted by Crippen LogP contribution is -2.19. The summed E-state index contributed by atoms with van der Waals surface area (Å²) < 4.78 is 30.3. The number of aromatic nitrogens is 4. The van der Waals surface area contributed by atoms with E-state index in [1.807, 2.05) is 6.92 Å². The number of fused-ring (bicyclic) bond motifs is 1. The van der Waals surface area contributed by atoms with Gasteiger partial charge in [-0.2, -0.15) is 0 Å².